The van der Waals surface area contributed by atoms with E-state index in [4.69, 9.17) is 16.9 Å². The minimum atomic E-state index is -0.138. The molecule has 0 heterocycles. The molecule has 0 saturated heterocycles. The van der Waals surface area contributed by atoms with E-state index < -0.39 is 0 Å². The number of hydrogen-bond donors (Lipinski definition) is 1. The molecule has 1 N–H and O–H groups in total. The van der Waals surface area contributed by atoms with Gasteiger partial charge in [-0.05, 0) is 48.2 Å². The first-order chi connectivity index (χ1) is 9.69. The third-order valence-corrected chi connectivity index (χ3v) is 3.97. The molecule has 2 aromatic carbocycles. The Morgan fingerprint density at radius 3 is 2.95 bits per heavy atom. The molecule has 0 radical (unpaired) electrons. The second-order valence-corrected chi connectivity index (χ2v) is 5.26. The zero-order valence-electron chi connectivity index (χ0n) is 10.7. The number of fused-ring (bicyclic) bond motifs is 1. The highest BCUT2D eigenvalue weighted by Gasteiger charge is 2.24. The number of halogens is 2. The van der Waals surface area contributed by atoms with E-state index in [1.165, 1.54) is 6.07 Å². The summed E-state index contributed by atoms with van der Waals surface area (Å²) in [6.07, 6.45) is 1.58. The molecule has 0 saturated carbocycles. The largest absolute Gasteiger partial charge is 0.378 e. The lowest BCUT2D eigenvalue weighted by Gasteiger charge is -2.16. The summed E-state index contributed by atoms with van der Waals surface area (Å²) >= 11 is 5.91. The first-order valence-electron chi connectivity index (χ1n) is 6.42. The fourth-order valence-corrected chi connectivity index (χ4v) is 2.82. The van der Waals surface area contributed by atoms with Crippen molar-refractivity contribution < 1.29 is 4.39 Å². The molecular formula is C16H12ClFN2. The Kier molecular flexibility index (Phi) is 3.33. The lowest BCUT2D eigenvalue weighted by molar-refractivity contribution is 0.612. The van der Waals surface area contributed by atoms with Crippen LogP contribution in [0.4, 0.5) is 10.1 Å². The van der Waals surface area contributed by atoms with Gasteiger partial charge in [-0.1, -0.05) is 23.7 Å². The molecule has 1 aliphatic carbocycles. The van der Waals surface area contributed by atoms with E-state index in [0.29, 0.717) is 10.6 Å². The van der Waals surface area contributed by atoms with Crippen molar-refractivity contribution in [2.24, 2.45) is 0 Å². The highest BCUT2D eigenvalue weighted by atomic mass is 35.5. The fraction of sp³-hybridized carbons (Fsp3) is 0.188. The summed E-state index contributed by atoms with van der Waals surface area (Å²) in [5.41, 5.74) is 3.06. The second-order valence-electron chi connectivity index (χ2n) is 4.85. The van der Waals surface area contributed by atoms with Crippen molar-refractivity contribution in [1.29, 1.82) is 5.26 Å². The van der Waals surface area contributed by atoms with Crippen molar-refractivity contribution in [1.82, 2.24) is 0 Å². The predicted molar refractivity (Wildman–Crippen MR) is 77.3 cm³/mol. The first-order valence-corrected chi connectivity index (χ1v) is 6.80. The van der Waals surface area contributed by atoms with Crippen LogP contribution in [0.1, 0.15) is 29.2 Å². The van der Waals surface area contributed by atoms with E-state index in [2.05, 4.69) is 11.4 Å². The average molecular weight is 287 g/mol. The number of nitrogens with zero attached hydrogens (tertiary/aromatic N) is 1. The lowest BCUT2D eigenvalue weighted by atomic mass is 10.1. The Morgan fingerprint density at radius 2 is 2.15 bits per heavy atom. The molecule has 0 aliphatic heterocycles. The monoisotopic (exact) mass is 286 g/mol. The van der Waals surface area contributed by atoms with Gasteiger partial charge in [-0.15, -0.1) is 0 Å². The third kappa shape index (κ3) is 2.23. The Bertz CT molecular complexity index is 706. The summed E-state index contributed by atoms with van der Waals surface area (Å²) < 4.78 is 13.7. The summed E-state index contributed by atoms with van der Waals surface area (Å²) in [4.78, 5) is 0. The molecule has 4 heteroatoms. The van der Waals surface area contributed by atoms with Crippen LogP contribution in [-0.2, 0) is 6.42 Å². The molecule has 0 amide bonds. The molecule has 1 atom stereocenters. The van der Waals surface area contributed by atoms with Gasteiger partial charge in [0.25, 0.3) is 0 Å². The fourth-order valence-electron chi connectivity index (χ4n) is 2.66. The molecule has 2 aromatic rings. The predicted octanol–water partition coefficient (Wildman–Crippen LogP) is 4.45. The molecule has 1 aliphatic rings. The smallest absolute Gasteiger partial charge is 0.126 e. The van der Waals surface area contributed by atoms with Gasteiger partial charge in [0.05, 0.1) is 16.6 Å². The number of rotatable bonds is 2. The maximum atomic E-state index is 13.7. The Labute approximate surface area is 121 Å². The lowest BCUT2D eigenvalue weighted by Crippen LogP contribution is -2.07. The normalized spacial score (nSPS) is 16.6. The number of nitriles is 1. The standard InChI is InChI=1S/C16H12ClFN2/c17-14-6-4-11(8-10(14)9-19)20-16-7-5-12-13(16)2-1-3-15(12)18/h1-4,6,8,16,20H,5,7H2. The first kappa shape index (κ1) is 13.0. The number of nitrogens with one attached hydrogen (secondary N) is 1. The van der Waals surface area contributed by atoms with Crippen LogP contribution in [0.15, 0.2) is 36.4 Å². The van der Waals surface area contributed by atoms with Crippen LogP contribution >= 0.6 is 11.6 Å². The van der Waals surface area contributed by atoms with Crippen molar-refractivity contribution in [3.8, 4) is 6.07 Å². The molecular weight excluding hydrogens is 275 g/mol. The summed E-state index contributed by atoms with van der Waals surface area (Å²) in [5.74, 6) is -0.138. The zero-order valence-corrected chi connectivity index (χ0v) is 11.4. The van der Waals surface area contributed by atoms with Gasteiger partial charge in [-0.3, -0.25) is 0 Å². The SMILES string of the molecule is N#Cc1cc(NC2CCc3c(F)cccc32)ccc1Cl. The van der Waals surface area contributed by atoms with Crippen molar-refractivity contribution in [2.75, 3.05) is 5.32 Å². The van der Waals surface area contributed by atoms with Crippen LogP contribution in [-0.4, -0.2) is 0 Å². The van der Waals surface area contributed by atoms with Gasteiger partial charge < -0.3 is 5.32 Å². The van der Waals surface area contributed by atoms with Gasteiger partial charge in [0.15, 0.2) is 0 Å². The van der Waals surface area contributed by atoms with Crippen molar-refractivity contribution >= 4 is 17.3 Å². The van der Waals surface area contributed by atoms with Gasteiger partial charge in [0.2, 0.25) is 0 Å². The van der Waals surface area contributed by atoms with Gasteiger partial charge in [0.1, 0.15) is 11.9 Å². The Balaban J connectivity index is 1.88. The van der Waals surface area contributed by atoms with Crippen LogP contribution in [0.3, 0.4) is 0 Å². The molecule has 1 unspecified atom stereocenters. The van der Waals surface area contributed by atoms with Gasteiger partial charge in [-0.2, -0.15) is 5.26 Å². The summed E-state index contributed by atoms with van der Waals surface area (Å²) in [6.45, 7) is 0. The summed E-state index contributed by atoms with van der Waals surface area (Å²) in [7, 11) is 0. The molecule has 0 bridgehead atoms. The van der Waals surface area contributed by atoms with Gasteiger partial charge in [-0.25, -0.2) is 4.39 Å². The number of hydrogen-bond acceptors (Lipinski definition) is 2. The van der Waals surface area contributed by atoms with E-state index in [1.807, 2.05) is 12.1 Å². The van der Waals surface area contributed by atoms with Crippen LogP contribution in [0.2, 0.25) is 5.02 Å². The van der Waals surface area contributed by atoms with Crippen LogP contribution in [0.25, 0.3) is 0 Å². The minimum absolute atomic E-state index is 0.0772. The van der Waals surface area contributed by atoms with Gasteiger partial charge >= 0.3 is 0 Å². The highest BCUT2D eigenvalue weighted by Crippen LogP contribution is 2.35. The molecule has 100 valence electrons. The number of benzene rings is 2. The summed E-state index contributed by atoms with van der Waals surface area (Å²) in [5, 5.41) is 12.8. The van der Waals surface area contributed by atoms with Gasteiger partial charge in [0, 0.05) is 5.69 Å². The topological polar surface area (TPSA) is 35.8 Å². The molecule has 20 heavy (non-hydrogen) atoms. The Hall–Kier alpha value is -2.05. The molecule has 0 spiro atoms. The van der Waals surface area contributed by atoms with Crippen molar-refractivity contribution in [3.63, 3.8) is 0 Å². The molecule has 0 fully saturated rings. The molecule has 0 aromatic heterocycles. The third-order valence-electron chi connectivity index (χ3n) is 3.64. The second kappa shape index (κ2) is 5.15. The van der Waals surface area contributed by atoms with Crippen LogP contribution < -0.4 is 5.32 Å². The maximum absolute atomic E-state index is 13.7. The van der Waals surface area contributed by atoms with Crippen molar-refractivity contribution in [2.45, 2.75) is 18.9 Å². The van der Waals surface area contributed by atoms with E-state index in [0.717, 1.165) is 29.7 Å². The molecule has 2 nitrogen and oxygen atoms in total. The van der Waals surface area contributed by atoms with E-state index in [-0.39, 0.29) is 11.9 Å². The quantitative estimate of drug-likeness (QED) is 0.885. The van der Waals surface area contributed by atoms with Crippen LogP contribution in [0.5, 0.6) is 0 Å². The van der Waals surface area contributed by atoms with E-state index in [1.54, 1.807) is 18.2 Å². The van der Waals surface area contributed by atoms with Crippen LogP contribution in [0, 0.1) is 17.1 Å². The Morgan fingerprint density at radius 1 is 1.30 bits per heavy atom. The average Bonchev–Trinajstić information content (AvgIpc) is 2.86. The zero-order chi connectivity index (χ0) is 14.1. The van der Waals surface area contributed by atoms with E-state index >= 15 is 0 Å². The number of anilines is 1. The van der Waals surface area contributed by atoms with Crippen molar-refractivity contribution in [3.05, 3.63) is 63.9 Å². The van der Waals surface area contributed by atoms with E-state index in [9.17, 15) is 4.39 Å². The molecule has 3 rings (SSSR count). The minimum Gasteiger partial charge on any atom is -0.378 e. The highest BCUT2D eigenvalue weighted by molar-refractivity contribution is 6.31. The maximum Gasteiger partial charge on any atom is 0.126 e. The summed E-state index contributed by atoms with van der Waals surface area (Å²) in [6, 6.07) is 12.6.